The minimum Gasteiger partial charge on any atom is -0.492 e. The number of hydrogen-bond donors (Lipinski definition) is 4. The third-order valence-corrected chi connectivity index (χ3v) is 8.35. The zero-order valence-electron chi connectivity index (χ0n) is 23.1. The standard InChI is InChI=1S/C29H32N6O6S/c1-29(17-36,18-37)25-15-26(33-41-25)32-27(38)30-20-4-2-19(3-5-20)22-16-35-23-7-6-21(14-24(23)42-28(35)31-22)40-13-10-34-8-11-39-12-9-34/h2-7,14-16,36-37H,8-13,17-18H2,1H3,(H2,30,32,33,38). The van der Waals surface area contributed by atoms with E-state index in [1.807, 2.05) is 24.4 Å². The molecule has 12 nitrogen and oxygen atoms in total. The molecule has 0 saturated carbocycles. The Morgan fingerprint density at radius 2 is 1.88 bits per heavy atom. The number of aliphatic hydroxyl groups excluding tert-OH is 2. The van der Waals surface area contributed by atoms with Crippen molar-refractivity contribution in [2.75, 3.05) is 63.3 Å². The molecule has 0 bridgehead atoms. The summed E-state index contributed by atoms with van der Waals surface area (Å²) in [5, 5.41) is 28.2. The molecule has 2 amide bonds. The van der Waals surface area contributed by atoms with Crippen molar-refractivity contribution in [3.05, 3.63) is 60.5 Å². The number of fused-ring (bicyclic) bond motifs is 3. The van der Waals surface area contributed by atoms with Crippen LogP contribution in [0.15, 0.2) is 59.3 Å². The molecule has 0 unspecified atom stereocenters. The Balaban J connectivity index is 1.07. The van der Waals surface area contributed by atoms with E-state index in [1.54, 1.807) is 30.4 Å². The number of anilines is 2. The van der Waals surface area contributed by atoms with Crippen LogP contribution in [0.4, 0.5) is 16.3 Å². The van der Waals surface area contributed by atoms with Crippen LogP contribution in [0.5, 0.6) is 5.75 Å². The van der Waals surface area contributed by atoms with Gasteiger partial charge in [-0.05, 0) is 37.3 Å². The molecule has 1 aliphatic heterocycles. The van der Waals surface area contributed by atoms with Crippen molar-refractivity contribution in [1.29, 1.82) is 0 Å². The van der Waals surface area contributed by atoms with Crippen molar-refractivity contribution >= 4 is 44.1 Å². The number of amides is 2. The van der Waals surface area contributed by atoms with E-state index in [0.29, 0.717) is 12.3 Å². The molecular formula is C29H32N6O6S. The van der Waals surface area contributed by atoms with Gasteiger partial charge >= 0.3 is 6.03 Å². The summed E-state index contributed by atoms with van der Waals surface area (Å²) in [6.45, 7) is 5.97. The van der Waals surface area contributed by atoms with Crippen LogP contribution in [0.2, 0.25) is 0 Å². The number of aromatic nitrogens is 3. The van der Waals surface area contributed by atoms with Gasteiger partial charge in [0.2, 0.25) is 0 Å². The number of carbonyl (C=O) groups excluding carboxylic acids is 1. The van der Waals surface area contributed by atoms with Gasteiger partial charge in [0.05, 0.1) is 47.8 Å². The van der Waals surface area contributed by atoms with E-state index < -0.39 is 11.4 Å². The van der Waals surface area contributed by atoms with Gasteiger partial charge in [0.25, 0.3) is 0 Å². The van der Waals surface area contributed by atoms with Gasteiger partial charge < -0.3 is 29.5 Å². The maximum absolute atomic E-state index is 12.5. The maximum Gasteiger partial charge on any atom is 0.324 e. The van der Waals surface area contributed by atoms with Crippen LogP contribution >= 0.6 is 11.3 Å². The summed E-state index contributed by atoms with van der Waals surface area (Å²) >= 11 is 1.61. The largest absolute Gasteiger partial charge is 0.492 e. The zero-order valence-corrected chi connectivity index (χ0v) is 23.9. The number of urea groups is 1. The lowest BCUT2D eigenvalue weighted by Crippen LogP contribution is -2.38. The van der Waals surface area contributed by atoms with Gasteiger partial charge in [-0.25, -0.2) is 9.78 Å². The lowest BCUT2D eigenvalue weighted by molar-refractivity contribution is 0.0322. The van der Waals surface area contributed by atoms with E-state index in [4.69, 9.17) is 19.0 Å². The summed E-state index contributed by atoms with van der Waals surface area (Å²) in [5.41, 5.74) is 2.41. The van der Waals surface area contributed by atoms with E-state index in [0.717, 1.165) is 65.0 Å². The number of benzene rings is 2. The van der Waals surface area contributed by atoms with Crippen LogP contribution < -0.4 is 15.4 Å². The number of ether oxygens (including phenoxy) is 2. The molecule has 0 radical (unpaired) electrons. The smallest absolute Gasteiger partial charge is 0.324 e. The van der Waals surface area contributed by atoms with Crippen molar-refractivity contribution in [3.8, 4) is 17.0 Å². The van der Waals surface area contributed by atoms with E-state index in [1.165, 1.54) is 6.07 Å². The van der Waals surface area contributed by atoms with Gasteiger partial charge in [0.15, 0.2) is 10.8 Å². The van der Waals surface area contributed by atoms with Crippen molar-refractivity contribution in [2.45, 2.75) is 12.3 Å². The van der Waals surface area contributed by atoms with E-state index >= 15 is 0 Å². The second-order valence-electron chi connectivity index (χ2n) is 10.4. The van der Waals surface area contributed by atoms with E-state index in [-0.39, 0.29) is 24.8 Å². The highest BCUT2D eigenvalue weighted by Gasteiger charge is 2.30. The number of imidazole rings is 1. The van der Waals surface area contributed by atoms with Crippen LogP contribution in [0.3, 0.4) is 0 Å². The molecule has 1 fully saturated rings. The van der Waals surface area contributed by atoms with Crippen LogP contribution in [-0.2, 0) is 10.2 Å². The van der Waals surface area contributed by atoms with E-state index in [9.17, 15) is 15.0 Å². The van der Waals surface area contributed by atoms with Crippen LogP contribution in [0.1, 0.15) is 12.7 Å². The summed E-state index contributed by atoms with van der Waals surface area (Å²) in [4.78, 5) is 20.5. The van der Waals surface area contributed by atoms with Crippen molar-refractivity contribution in [1.82, 2.24) is 19.4 Å². The summed E-state index contributed by atoms with van der Waals surface area (Å²) in [7, 11) is 0. The fourth-order valence-corrected chi connectivity index (χ4v) is 5.69. The molecule has 13 heteroatoms. The van der Waals surface area contributed by atoms with Crippen LogP contribution in [0, 0.1) is 0 Å². The van der Waals surface area contributed by atoms with Gasteiger partial charge in [0, 0.05) is 43.1 Å². The van der Waals surface area contributed by atoms with Gasteiger partial charge in [-0.1, -0.05) is 28.6 Å². The van der Waals surface area contributed by atoms with Gasteiger partial charge in [-0.3, -0.25) is 14.6 Å². The first-order valence-electron chi connectivity index (χ1n) is 13.7. The van der Waals surface area contributed by atoms with Crippen LogP contribution in [-0.4, -0.2) is 88.4 Å². The summed E-state index contributed by atoms with van der Waals surface area (Å²) in [6.07, 6.45) is 2.01. The minimum atomic E-state index is -0.992. The Kier molecular flexibility index (Phi) is 8.09. The Hall–Kier alpha value is -4.01. The Labute approximate surface area is 245 Å². The molecule has 2 aromatic carbocycles. The molecule has 5 aromatic rings. The average Bonchev–Trinajstić information content (AvgIpc) is 3.73. The molecule has 4 heterocycles. The molecule has 0 aliphatic carbocycles. The van der Waals surface area contributed by atoms with Crippen molar-refractivity contribution in [3.63, 3.8) is 0 Å². The first-order chi connectivity index (χ1) is 20.4. The Bertz CT molecular complexity index is 1670. The fraction of sp³-hybridized carbons (Fsp3) is 0.345. The Morgan fingerprint density at radius 1 is 1.10 bits per heavy atom. The second kappa shape index (κ2) is 12.1. The average molecular weight is 593 g/mol. The number of morpholine rings is 1. The highest BCUT2D eigenvalue weighted by molar-refractivity contribution is 7.23. The van der Waals surface area contributed by atoms with Crippen molar-refractivity contribution < 1.29 is 29.0 Å². The van der Waals surface area contributed by atoms with Gasteiger partial charge in [0.1, 0.15) is 18.1 Å². The number of aliphatic hydroxyl groups is 2. The fourth-order valence-electron chi connectivity index (χ4n) is 4.66. The molecule has 1 saturated heterocycles. The normalized spacial score (nSPS) is 14.5. The summed E-state index contributed by atoms with van der Waals surface area (Å²) in [5.74, 6) is 1.29. The lowest BCUT2D eigenvalue weighted by atomic mass is 9.90. The monoisotopic (exact) mass is 592 g/mol. The lowest BCUT2D eigenvalue weighted by Gasteiger charge is -2.26. The Morgan fingerprint density at radius 3 is 2.64 bits per heavy atom. The SMILES string of the molecule is CC(CO)(CO)c1cc(NC(=O)Nc2ccc(-c3cn4c(n3)sc3cc(OCCN5CCOCC5)ccc34)cc2)no1. The topological polar surface area (TPSA) is 147 Å². The molecular weight excluding hydrogens is 560 g/mol. The molecule has 6 rings (SSSR count). The van der Waals surface area contributed by atoms with Gasteiger partial charge in [-0.2, -0.15) is 0 Å². The minimum absolute atomic E-state index is 0.171. The summed E-state index contributed by atoms with van der Waals surface area (Å²) < 4.78 is 19.8. The second-order valence-corrected chi connectivity index (χ2v) is 11.4. The van der Waals surface area contributed by atoms with Crippen LogP contribution in [0.25, 0.3) is 26.4 Å². The zero-order chi connectivity index (χ0) is 29.1. The number of thiazole rings is 1. The molecule has 220 valence electrons. The highest BCUT2D eigenvalue weighted by atomic mass is 32.1. The molecule has 42 heavy (non-hydrogen) atoms. The predicted octanol–water partition coefficient (Wildman–Crippen LogP) is 3.80. The quantitative estimate of drug-likeness (QED) is 0.190. The van der Waals surface area contributed by atoms with Crippen molar-refractivity contribution in [2.24, 2.45) is 0 Å². The number of nitrogens with zero attached hydrogens (tertiary/aromatic N) is 4. The maximum atomic E-state index is 12.5. The molecule has 4 N–H and O–H groups in total. The highest BCUT2D eigenvalue weighted by Crippen LogP contribution is 2.32. The number of rotatable bonds is 10. The third-order valence-electron chi connectivity index (χ3n) is 7.33. The molecule has 0 atom stereocenters. The first kappa shape index (κ1) is 28.1. The third kappa shape index (κ3) is 5.96. The van der Waals surface area contributed by atoms with Gasteiger partial charge in [-0.15, -0.1) is 0 Å². The number of nitrogens with one attached hydrogen (secondary N) is 2. The number of hydrogen-bond acceptors (Lipinski definition) is 10. The number of carbonyl (C=O) groups is 1. The molecule has 0 spiro atoms. The summed E-state index contributed by atoms with van der Waals surface area (Å²) in [6, 6.07) is 14.5. The molecule has 1 aliphatic rings. The van der Waals surface area contributed by atoms with E-state index in [2.05, 4.69) is 37.2 Å². The molecule has 3 aromatic heterocycles. The first-order valence-corrected chi connectivity index (χ1v) is 14.5. The predicted molar refractivity (Wildman–Crippen MR) is 159 cm³/mol.